The van der Waals surface area contributed by atoms with Crippen LogP contribution in [0.5, 0.6) is 0 Å². The van der Waals surface area contributed by atoms with Gasteiger partial charge in [0.25, 0.3) is 0 Å². The average molecular weight is 255 g/mol. The highest BCUT2D eigenvalue weighted by Crippen LogP contribution is 2.26. The van der Waals surface area contributed by atoms with Crippen molar-refractivity contribution >= 4 is 26.8 Å². The minimum Gasteiger partial charge on any atom is -0.387 e. The molecule has 0 spiro atoms. The molecule has 0 aliphatic carbocycles. The first-order chi connectivity index (χ1) is 6.72. The third-order valence-electron chi connectivity index (χ3n) is 2.26. The van der Waals surface area contributed by atoms with Crippen LogP contribution in [0, 0.1) is 0 Å². The summed E-state index contributed by atoms with van der Waals surface area (Å²) in [6.07, 6.45) is 1.20. The van der Waals surface area contributed by atoms with Gasteiger partial charge in [0, 0.05) is 33.7 Å². The second-order valence-electron chi connectivity index (χ2n) is 3.19. The summed E-state index contributed by atoms with van der Waals surface area (Å²) in [6.45, 7) is 0.236. The molecule has 0 radical (unpaired) electrons. The Balaban J connectivity index is 2.61. The van der Waals surface area contributed by atoms with Crippen molar-refractivity contribution in [3.05, 3.63) is 34.4 Å². The first-order valence-corrected chi connectivity index (χ1v) is 5.16. The van der Waals surface area contributed by atoms with Crippen LogP contribution in [-0.4, -0.2) is 16.6 Å². The van der Waals surface area contributed by atoms with E-state index in [4.69, 9.17) is 5.73 Å². The number of aliphatic hydroxyl groups excluding tert-OH is 1. The maximum Gasteiger partial charge on any atom is 0.0932 e. The van der Waals surface area contributed by atoms with E-state index in [0.717, 1.165) is 20.9 Å². The van der Waals surface area contributed by atoms with E-state index in [1.807, 2.05) is 18.2 Å². The lowest BCUT2D eigenvalue weighted by molar-refractivity contribution is 0.188. The van der Waals surface area contributed by atoms with Crippen LogP contribution in [0.1, 0.15) is 11.7 Å². The fraction of sp³-hybridized carbons (Fsp3) is 0.200. The summed E-state index contributed by atoms with van der Waals surface area (Å²) in [6, 6.07) is 5.89. The summed E-state index contributed by atoms with van der Waals surface area (Å²) in [5.74, 6) is 0. The summed E-state index contributed by atoms with van der Waals surface area (Å²) in [5, 5.41) is 10.7. The molecule has 1 aromatic heterocycles. The number of fused-ring (bicyclic) bond motifs is 1. The Kier molecular flexibility index (Phi) is 2.58. The lowest BCUT2D eigenvalue weighted by atomic mass is 10.1. The second-order valence-corrected chi connectivity index (χ2v) is 4.10. The highest BCUT2D eigenvalue weighted by molar-refractivity contribution is 9.10. The minimum atomic E-state index is -0.599. The third-order valence-corrected chi connectivity index (χ3v) is 2.75. The number of aliphatic hydroxyl groups is 1. The predicted octanol–water partition coefficient (Wildman–Crippen LogP) is 1.92. The average Bonchev–Trinajstić information content (AvgIpc) is 2.59. The maximum absolute atomic E-state index is 9.65. The van der Waals surface area contributed by atoms with Gasteiger partial charge >= 0.3 is 0 Å². The Hall–Kier alpha value is -0.840. The molecule has 1 heterocycles. The highest BCUT2D eigenvalue weighted by Gasteiger charge is 2.10. The topological polar surface area (TPSA) is 62.0 Å². The second kappa shape index (κ2) is 3.73. The van der Waals surface area contributed by atoms with Crippen molar-refractivity contribution in [3.8, 4) is 0 Å². The highest BCUT2D eigenvalue weighted by atomic mass is 79.9. The van der Waals surface area contributed by atoms with Gasteiger partial charge in [-0.25, -0.2) is 0 Å². The lowest BCUT2D eigenvalue weighted by Crippen LogP contribution is -2.10. The Morgan fingerprint density at radius 1 is 1.50 bits per heavy atom. The molecule has 1 aromatic carbocycles. The number of aromatic amines is 1. The number of hydrogen-bond acceptors (Lipinski definition) is 2. The van der Waals surface area contributed by atoms with Crippen LogP contribution in [0.4, 0.5) is 0 Å². The molecule has 0 aliphatic rings. The molecule has 0 amide bonds. The van der Waals surface area contributed by atoms with Gasteiger partial charge in [-0.1, -0.05) is 15.9 Å². The van der Waals surface area contributed by atoms with Crippen molar-refractivity contribution in [2.45, 2.75) is 6.10 Å². The van der Waals surface area contributed by atoms with Crippen molar-refractivity contribution in [1.82, 2.24) is 4.98 Å². The summed E-state index contributed by atoms with van der Waals surface area (Å²) >= 11 is 3.40. The van der Waals surface area contributed by atoms with Crippen LogP contribution in [0.15, 0.2) is 28.9 Å². The molecule has 4 heteroatoms. The van der Waals surface area contributed by atoms with E-state index in [2.05, 4.69) is 20.9 Å². The molecule has 2 aromatic rings. The van der Waals surface area contributed by atoms with E-state index in [9.17, 15) is 5.11 Å². The van der Waals surface area contributed by atoms with Crippen molar-refractivity contribution in [2.75, 3.05) is 6.54 Å². The molecular weight excluding hydrogens is 244 g/mol. The summed E-state index contributed by atoms with van der Waals surface area (Å²) in [4.78, 5) is 3.09. The largest absolute Gasteiger partial charge is 0.387 e. The zero-order chi connectivity index (χ0) is 10.1. The van der Waals surface area contributed by atoms with Gasteiger partial charge in [-0.2, -0.15) is 0 Å². The third kappa shape index (κ3) is 1.56. The van der Waals surface area contributed by atoms with Crippen LogP contribution >= 0.6 is 15.9 Å². The number of aromatic nitrogens is 1. The van der Waals surface area contributed by atoms with Crippen molar-refractivity contribution < 1.29 is 5.11 Å². The molecule has 4 N–H and O–H groups in total. The van der Waals surface area contributed by atoms with Gasteiger partial charge in [0.15, 0.2) is 0 Å². The Labute approximate surface area is 90.1 Å². The van der Waals surface area contributed by atoms with Gasteiger partial charge in [-0.15, -0.1) is 0 Å². The van der Waals surface area contributed by atoms with Gasteiger partial charge < -0.3 is 15.8 Å². The van der Waals surface area contributed by atoms with E-state index < -0.39 is 6.10 Å². The molecule has 0 fully saturated rings. The van der Waals surface area contributed by atoms with Gasteiger partial charge in [-0.05, 0) is 18.2 Å². The monoisotopic (exact) mass is 254 g/mol. The minimum absolute atomic E-state index is 0.236. The zero-order valence-electron chi connectivity index (χ0n) is 7.50. The van der Waals surface area contributed by atoms with Gasteiger partial charge in [0.05, 0.1) is 6.10 Å². The van der Waals surface area contributed by atoms with Gasteiger partial charge in [0.1, 0.15) is 0 Å². The van der Waals surface area contributed by atoms with E-state index in [1.54, 1.807) is 6.20 Å². The van der Waals surface area contributed by atoms with Crippen LogP contribution in [0.3, 0.4) is 0 Å². The van der Waals surface area contributed by atoms with Crippen LogP contribution in [0.2, 0.25) is 0 Å². The van der Waals surface area contributed by atoms with Gasteiger partial charge in [0.2, 0.25) is 0 Å². The van der Waals surface area contributed by atoms with Crippen LogP contribution in [-0.2, 0) is 0 Å². The number of nitrogens with one attached hydrogen (secondary N) is 1. The number of nitrogens with two attached hydrogens (primary N) is 1. The molecule has 0 bridgehead atoms. The first kappa shape index (κ1) is 9.71. The van der Waals surface area contributed by atoms with E-state index in [1.165, 1.54) is 0 Å². The fourth-order valence-electron chi connectivity index (χ4n) is 1.52. The van der Waals surface area contributed by atoms with Crippen LogP contribution < -0.4 is 5.73 Å². The lowest BCUT2D eigenvalue weighted by Gasteiger charge is -2.05. The maximum atomic E-state index is 9.65. The standard InChI is InChI=1S/C10H11BrN2O/c11-6-1-2-9-7(3-6)8(5-13-9)10(14)4-12/h1-3,5,10,13-14H,4,12H2. The number of halogens is 1. The number of hydrogen-bond donors (Lipinski definition) is 3. The number of rotatable bonds is 2. The molecule has 1 atom stereocenters. The molecular formula is C10H11BrN2O. The summed E-state index contributed by atoms with van der Waals surface area (Å²) in [5.41, 5.74) is 7.28. The smallest absolute Gasteiger partial charge is 0.0932 e. The van der Waals surface area contributed by atoms with Crippen LogP contribution in [0.25, 0.3) is 10.9 Å². The summed E-state index contributed by atoms with van der Waals surface area (Å²) < 4.78 is 0.995. The summed E-state index contributed by atoms with van der Waals surface area (Å²) in [7, 11) is 0. The Morgan fingerprint density at radius 2 is 2.29 bits per heavy atom. The van der Waals surface area contributed by atoms with Crippen molar-refractivity contribution in [1.29, 1.82) is 0 Å². The molecule has 1 unspecified atom stereocenters. The Morgan fingerprint density at radius 3 is 3.00 bits per heavy atom. The first-order valence-electron chi connectivity index (χ1n) is 4.37. The molecule has 0 aliphatic heterocycles. The fourth-order valence-corrected chi connectivity index (χ4v) is 1.88. The molecule has 14 heavy (non-hydrogen) atoms. The normalized spacial score (nSPS) is 13.4. The predicted molar refractivity (Wildman–Crippen MR) is 60.0 cm³/mol. The van der Waals surface area contributed by atoms with Gasteiger partial charge in [-0.3, -0.25) is 0 Å². The number of H-pyrrole nitrogens is 1. The molecule has 0 saturated carbocycles. The van der Waals surface area contributed by atoms with E-state index >= 15 is 0 Å². The molecule has 74 valence electrons. The SMILES string of the molecule is NCC(O)c1c[nH]c2ccc(Br)cc12. The Bertz CT molecular complexity index is 452. The zero-order valence-corrected chi connectivity index (χ0v) is 9.08. The quantitative estimate of drug-likeness (QED) is 0.767. The molecule has 2 rings (SSSR count). The van der Waals surface area contributed by atoms with Crippen molar-refractivity contribution in [2.24, 2.45) is 5.73 Å². The molecule has 3 nitrogen and oxygen atoms in total. The molecule has 0 saturated heterocycles. The van der Waals surface area contributed by atoms with E-state index in [0.29, 0.717) is 0 Å². The number of benzene rings is 1. The van der Waals surface area contributed by atoms with E-state index in [-0.39, 0.29) is 6.54 Å². The van der Waals surface area contributed by atoms with Crippen molar-refractivity contribution in [3.63, 3.8) is 0 Å².